The maximum absolute atomic E-state index is 8.61. The van der Waals surface area contributed by atoms with Crippen LogP contribution in [0, 0.1) is 0 Å². The van der Waals surface area contributed by atoms with Gasteiger partial charge in [-0.25, -0.2) is 0 Å². The molecule has 0 aromatic heterocycles. The third kappa shape index (κ3) is 2.84. The maximum Gasteiger partial charge on any atom is 0.0930 e. The number of hydrogen-bond acceptors (Lipinski definition) is 3. The number of halogens is 1. The van der Waals surface area contributed by atoms with Gasteiger partial charge in [0.1, 0.15) is 0 Å². The molecule has 0 spiro atoms. The molecular formula is C6H14ClNO2. The minimum atomic E-state index is 0. The van der Waals surface area contributed by atoms with Crippen LogP contribution in [0.2, 0.25) is 0 Å². The second-order valence-electron chi connectivity index (χ2n) is 2.45. The van der Waals surface area contributed by atoms with E-state index < -0.39 is 0 Å². The lowest BCUT2D eigenvalue weighted by Crippen LogP contribution is -2.46. The van der Waals surface area contributed by atoms with Gasteiger partial charge in [-0.2, -0.15) is 0 Å². The molecule has 0 aromatic carbocycles. The van der Waals surface area contributed by atoms with Gasteiger partial charge in [-0.15, -0.1) is 12.4 Å². The first kappa shape index (κ1) is 10.2. The Morgan fingerprint density at radius 1 is 1.70 bits per heavy atom. The van der Waals surface area contributed by atoms with Gasteiger partial charge in [0.25, 0.3) is 0 Å². The van der Waals surface area contributed by atoms with E-state index in [4.69, 9.17) is 9.84 Å². The topological polar surface area (TPSA) is 41.5 Å². The summed E-state index contributed by atoms with van der Waals surface area (Å²) in [5, 5.41) is 11.8. The molecule has 1 heterocycles. The third-order valence-corrected chi connectivity index (χ3v) is 1.48. The van der Waals surface area contributed by atoms with Crippen LogP contribution in [0.4, 0.5) is 0 Å². The molecule has 0 amide bonds. The summed E-state index contributed by atoms with van der Waals surface area (Å²) >= 11 is 0. The van der Waals surface area contributed by atoms with Crippen molar-refractivity contribution in [2.75, 3.05) is 19.8 Å². The second-order valence-corrected chi connectivity index (χ2v) is 2.45. The Hall–Kier alpha value is 0.170. The fourth-order valence-electron chi connectivity index (χ4n) is 0.848. The lowest BCUT2D eigenvalue weighted by Gasteiger charge is -2.26. The van der Waals surface area contributed by atoms with Crippen LogP contribution >= 0.6 is 12.4 Å². The standard InChI is InChI=1S/C6H13NO2.ClH/c1-5-4-9-6(3-8)2-7-5;/h5-8H,2-4H2,1H3;1H/t5-,6+;/m0./s1. The fourth-order valence-corrected chi connectivity index (χ4v) is 0.848. The van der Waals surface area contributed by atoms with E-state index in [-0.39, 0.29) is 25.1 Å². The molecule has 1 fully saturated rings. The van der Waals surface area contributed by atoms with E-state index in [1.165, 1.54) is 0 Å². The predicted octanol–water partition coefficient (Wildman–Crippen LogP) is -0.223. The van der Waals surface area contributed by atoms with E-state index in [1.807, 2.05) is 0 Å². The van der Waals surface area contributed by atoms with Gasteiger partial charge in [-0.05, 0) is 6.92 Å². The minimum Gasteiger partial charge on any atom is -0.394 e. The highest BCUT2D eigenvalue weighted by Gasteiger charge is 2.15. The summed E-state index contributed by atoms with van der Waals surface area (Å²) in [6, 6.07) is 0.438. The molecule has 0 radical (unpaired) electrons. The van der Waals surface area contributed by atoms with E-state index in [2.05, 4.69) is 12.2 Å². The molecule has 1 saturated heterocycles. The molecule has 2 atom stereocenters. The van der Waals surface area contributed by atoms with Gasteiger partial charge in [0.2, 0.25) is 0 Å². The molecule has 0 aliphatic carbocycles. The highest BCUT2D eigenvalue weighted by atomic mass is 35.5. The molecule has 62 valence electrons. The van der Waals surface area contributed by atoms with Crippen LogP contribution in [0.15, 0.2) is 0 Å². The van der Waals surface area contributed by atoms with Crippen LogP contribution in [0.25, 0.3) is 0 Å². The minimum absolute atomic E-state index is 0. The molecule has 4 heteroatoms. The summed E-state index contributed by atoms with van der Waals surface area (Å²) in [5.74, 6) is 0. The molecule has 0 aromatic rings. The van der Waals surface area contributed by atoms with Crippen LogP contribution in [0.5, 0.6) is 0 Å². The fraction of sp³-hybridized carbons (Fsp3) is 1.00. The van der Waals surface area contributed by atoms with Gasteiger partial charge in [0.15, 0.2) is 0 Å². The zero-order chi connectivity index (χ0) is 6.69. The maximum atomic E-state index is 8.61. The SMILES string of the molecule is C[C@H]1CO[C@@H](CO)CN1.Cl. The zero-order valence-corrected chi connectivity index (χ0v) is 6.86. The van der Waals surface area contributed by atoms with Crippen molar-refractivity contribution in [3.8, 4) is 0 Å². The Morgan fingerprint density at radius 2 is 2.40 bits per heavy atom. The number of aliphatic hydroxyl groups is 1. The Morgan fingerprint density at radius 3 is 2.80 bits per heavy atom. The number of nitrogens with one attached hydrogen (secondary N) is 1. The Labute approximate surface area is 67.2 Å². The summed E-state index contributed by atoms with van der Waals surface area (Å²) in [6.07, 6.45) is 0.0150. The number of ether oxygens (including phenoxy) is 1. The highest BCUT2D eigenvalue weighted by molar-refractivity contribution is 5.85. The van der Waals surface area contributed by atoms with Crippen LogP contribution in [0.1, 0.15) is 6.92 Å². The molecule has 10 heavy (non-hydrogen) atoms. The van der Waals surface area contributed by atoms with E-state index in [0.717, 1.165) is 6.54 Å². The van der Waals surface area contributed by atoms with Gasteiger partial charge in [0.05, 0.1) is 19.3 Å². The summed E-state index contributed by atoms with van der Waals surface area (Å²) in [6.45, 7) is 3.68. The lowest BCUT2D eigenvalue weighted by atomic mass is 10.2. The Bertz CT molecular complexity index is 83.8. The first-order valence-electron chi connectivity index (χ1n) is 3.28. The summed E-state index contributed by atoms with van der Waals surface area (Å²) in [5.41, 5.74) is 0. The van der Waals surface area contributed by atoms with Crippen molar-refractivity contribution in [2.24, 2.45) is 0 Å². The van der Waals surface area contributed by atoms with Crippen molar-refractivity contribution < 1.29 is 9.84 Å². The monoisotopic (exact) mass is 167 g/mol. The van der Waals surface area contributed by atoms with Crippen LogP contribution in [0.3, 0.4) is 0 Å². The Balaban J connectivity index is 0.000000810. The average molecular weight is 168 g/mol. The largest absolute Gasteiger partial charge is 0.394 e. The van der Waals surface area contributed by atoms with Crippen LogP contribution in [-0.4, -0.2) is 37.0 Å². The van der Waals surface area contributed by atoms with Gasteiger partial charge < -0.3 is 15.2 Å². The lowest BCUT2D eigenvalue weighted by molar-refractivity contribution is -0.0222. The predicted molar refractivity (Wildman–Crippen MR) is 41.5 cm³/mol. The first-order chi connectivity index (χ1) is 4.33. The molecule has 2 N–H and O–H groups in total. The van der Waals surface area contributed by atoms with Crippen LogP contribution in [-0.2, 0) is 4.74 Å². The quantitative estimate of drug-likeness (QED) is 0.568. The molecule has 1 aliphatic heterocycles. The van der Waals surface area contributed by atoms with Gasteiger partial charge in [-0.1, -0.05) is 0 Å². The van der Waals surface area contributed by atoms with Gasteiger partial charge in [-0.3, -0.25) is 0 Å². The van der Waals surface area contributed by atoms with Crippen molar-refractivity contribution in [1.82, 2.24) is 5.32 Å². The van der Waals surface area contributed by atoms with E-state index in [9.17, 15) is 0 Å². The molecule has 3 nitrogen and oxygen atoms in total. The summed E-state index contributed by atoms with van der Waals surface area (Å²) in [7, 11) is 0. The Kier molecular flexibility index (Phi) is 4.99. The second kappa shape index (κ2) is 4.91. The molecule has 0 unspecified atom stereocenters. The van der Waals surface area contributed by atoms with E-state index in [0.29, 0.717) is 12.6 Å². The molecule has 1 aliphatic rings. The molecule has 0 saturated carbocycles. The summed E-state index contributed by atoms with van der Waals surface area (Å²) < 4.78 is 5.23. The molecular weight excluding hydrogens is 154 g/mol. The number of rotatable bonds is 1. The first-order valence-corrected chi connectivity index (χ1v) is 3.28. The highest BCUT2D eigenvalue weighted by Crippen LogP contribution is 1.98. The van der Waals surface area contributed by atoms with Crippen molar-refractivity contribution in [1.29, 1.82) is 0 Å². The van der Waals surface area contributed by atoms with Crippen molar-refractivity contribution >= 4 is 12.4 Å². The van der Waals surface area contributed by atoms with Gasteiger partial charge in [0, 0.05) is 12.6 Å². The normalized spacial score (nSPS) is 33.0. The van der Waals surface area contributed by atoms with Crippen LogP contribution < -0.4 is 5.32 Å². The van der Waals surface area contributed by atoms with Crippen molar-refractivity contribution in [2.45, 2.75) is 19.1 Å². The average Bonchev–Trinajstić information content (AvgIpc) is 1.90. The van der Waals surface area contributed by atoms with E-state index in [1.54, 1.807) is 0 Å². The summed E-state index contributed by atoms with van der Waals surface area (Å²) in [4.78, 5) is 0. The van der Waals surface area contributed by atoms with Gasteiger partial charge >= 0.3 is 0 Å². The number of hydrogen-bond donors (Lipinski definition) is 2. The smallest absolute Gasteiger partial charge is 0.0930 e. The van der Waals surface area contributed by atoms with E-state index >= 15 is 0 Å². The molecule has 0 bridgehead atoms. The number of morpholine rings is 1. The number of aliphatic hydroxyl groups excluding tert-OH is 1. The third-order valence-electron chi connectivity index (χ3n) is 1.48. The van der Waals surface area contributed by atoms with Crippen molar-refractivity contribution in [3.05, 3.63) is 0 Å². The molecule has 1 rings (SSSR count). The zero-order valence-electron chi connectivity index (χ0n) is 6.04. The van der Waals surface area contributed by atoms with Crippen molar-refractivity contribution in [3.63, 3.8) is 0 Å².